The highest BCUT2D eigenvalue weighted by atomic mass is 32.1. The molecule has 0 saturated carbocycles. The zero-order chi connectivity index (χ0) is 51.8. The van der Waals surface area contributed by atoms with Gasteiger partial charge in [0.2, 0.25) is 0 Å². The molecule has 0 N–H and O–H groups in total. The SMILES string of the molecule is Cc1cc2c3c(c1)N(c1ccc(C(C)(C)C)cc1-c1cc4c(cc1C)C(C)(C)CCC4(C)C)c1c(sc4cc5c(cc14)C(C)(C)CCC5(C)C)B3c1cc(C(C)(C)C)ccc1N2c1ccc(C(C)(C)C)cc1. The molecule has 372 valence electrons. The molecule has 0 unspecified atom stereocenters. The van der Waals surface area contributed by atoms with Crippen molar-refractivity contribution >= 4 is 78.0 Å². The van der Waals surface area contributed by atoms with Gasteiger partial charge in [-0.05, 0) is 205 Å². The van der Waals surface area contributed by atoms with E-state index in [1.165, 1.54) is 147 Å². The summed E-state index contributed by atoms with van der Waals surface area (Å²) in [5.74, 6) is 0. The summed E-state index contributed by atoms with van der Waals surface area (Å²) in [6.45, 7) is 45.8. The Kier molecular flexibility index (Phi) is 10.7. The molecule has 72 heavy (non-hydrogen) atoms. The molecule has 11 rings (SSSR count). The van der Waals surface area contributed by atoms with Crippen LogP contribution in [0.4, 0.5) is 34.1 Å². The van der Waals surface area contributed by atoms with Crippen molar-refractivity contribution in [2.75, 3.05) is 9.80 Å². The van der Waals surface area contributed by atoms with E-state index >= 15 is 0 Å². The van der Waals surface area contributed by atoms with Gasteiger partial charge in [0.25, 0.3) is 6.71 Å². The standard InChI is InChI=1S/C68H81BN2S/c1-40-32-56-59-57(33-40)71(54-26-22-43(63(6,7)8)35-47(54)46-37-50-49(34-41(46)2)65(12,13)28-29-66(50,14)15)60-48-38-51-52(68(18,19)31-30-67(51,16)17)39-58(48)72-61(60)69(59)53-36-44(64(9,10)11)23-27-55(53)70(56)45-24-20-42(21-25-45)62(3,4)5/h20-27,32-39H,28-31H2,1-19H3. The molecule has 0 atom stereocenters. The van der Waals surface area contributed by atoms with Crippen LogP contribution in [0.5, 0.6) is 0 Å². The van der Waals surface area contributed by atoms with Crippen molar-refractivity contribution in [3.63, 3.8) is 0 Å². The maximum Gasteiger partial charge on any atom is 0.264 e. The average Bonchev–Trinajstić information content (AvgIpc) is 3.66. The van der Waals surface area contributed by atoms with E-state index in [1.54, 1.807) is 0 Å². The number of anilines is 6. The molecule has 0 bridgehead atoms. The highest BCUT2D eigenvalue weighted by molar-refractivity contribution is 7.33. The summed E-state index contributed by atoms with van der Waals surface area (Å²) in [7, 11) is 0. The van der Waals surface area contributed by atoms with Crippen molar-refractivity contribution in [1.29, 1.82) is 0 Å². The lowest BCUT2D eigenvalue weighted by Gasteiger charge is -2.45. The van der Waals surface area contributed by atoms with Crippen molar-refractivity contribution in [3.05, 3.63) is 147 Å². The summed E-state index contributed by atoms with van der Waals surface area (Å²) in [6.07, 6.45) is 4.76. The van der Waals surface area contributed by atoms with Gasteiger partial charge in [-0.15, -0.1) is 11.3 Å². The molecule has 4 heteroatoms. The highest BCUT2D eigenvalue weighted by Gasteiger charge is 2.48. The molecule has 2 nitrogen and oxygen atoms in total. The van der Waals surface area contributed by atoms with E-state index in [1.807, 2.05) is 0 Å². The van der Waals surface area contributed by atoms with E-state index in [-0.39, 0.29) is 44.6 Å². The van der Waals surface area contributed by atoms with Crippen LogP contribution in [0.2, 0.25) is 0 Å². The second-order valence-corrected chi connectivity index (χ2v) is 29.7. The van der Waals surface area contributed by atoms with Gasteiger partial charge in [-0.1, -0.05) is 154 Å². The van der Waals surface area contributed by atoms with Gasteiger partial charge in [0.05, 0.1) is 11.4 Å². The Balaban J connectivity index is 1.29. The third-order valence-corrected chi connectivity index (χ3v) is 19.4. The first-order valence-electron chi connectivity index (χ1n) is 27.3. The van der Waals surface area contributed by atoms with Crippen LogP contribution in [0.25, 0.3) is 21.2 Å². The molecule has 0 radical (unpaired) electrons. The van der Waals surface area contributed by atoms with Crippen molar-refractivity contribution in [2.45, 2.75) is 195 Å². The lowest BCUT2D eigenvalue weighted by molar-refractivity contribution is 0.332. The smallest absolute Gasteiger partial charge is 0.264 e. The van der Waals surface area contributed by atoms with Crippen LogP contribution in [0, 0.1) is 13.8 Å². The maximum atomic E-state index is 2.78. The highest BCUT2D eigenvalue weighted by Crippen LogP contribution is 2.55. The number of hydrogen-bond donors (Lipinski definition) is 0. The number of nitrogens with zero attached hydrogens (tertiary/aromatic N) is 2. The van der Waals surface area contributed by atoms with Crippen molar-refractivity contribution in [2.24, 2.45) is 0 Å². The van der Waals surface area contributed by atoms with Crippen LogP contribution < -0.4 is 25.5 Å². The molecular formula is C68H81BN2S. The molecule has 2 aliphatic heterocycles. The van der Waals surface area contributed by atoms with Crippen LogP contribution in [0.3, 0.4) is 0 Å². The molecule has 1 aromatic heterocycles. The van der Waals surface area contributed by atoms with Crippen molar-refractivity contribution in [3.8, 4) is 11.1 Å². The lowest BCUT2D eigenvalue weighted by atomic mass is 9.36. The second-order valence-electron chi connectivity index (χ2n) is 28.6. The zero-order valence-corrected chi connectivity index (χ0v) is 48.3. The summed E-state index contributed by atoms with van der Waals surface area (Å²) < 4.78 is 2.85. The van der Waals surface area contributed by atoms with Crippen molar-refractivity contribution in [1.82, 2.24) is 0 Å². The summed E-state index contributed by atoms with van der Waals surface area (Å²) in [5.41, 5.74) is 26.3. The minimum atomic E-state index is -0.0403. The molecule has 0 fully saturated rings. The minimum absolute atomic E-state index is 0.0231. The van der Waals surface area contributed by atoms with E-state index in [9.17, 15) is 0 Å². The third kappa shape index (κ3) is 7.60. The number of thiophene rings is 1. The average molecular weight is 969 g/mol. The quantitative estimate of drug-likeness (QED) is 0.163. The molecule has 2 aliphatic carbocycles. The molecule has 3 heterocycles. The normalized spacial score (nSPS) is 18.3. The third-order valence-electron chi connectivity index (χ3n) is 18.2. The number of rotatable bonds is 3. The fourth-order valence-electron chi connectivity index (χ4n) is 13.2. The molecule has 4 aliphatic rings. The lowest BCUT2D eigenvalue weighted by Crippen LogP contribution is -2.60. The predicted molar refractivity (Wildman–Crippen MR) is 317 cm³/mol. The van der Waals surface area contributed by atoms with Crippen LogP contribution in [-0.4, -0.2) is 6.71 Å². The van der Waals surface area contributed by atoms with Gasteiger partial charge in [0.1, 0.15) is 0 Å². The van der Waals surface area contributed by atoms with Gasteiger partial charge in [-0.3, -0.25) is 0 Å². The van der Waals surface area contributed by atoms with E-state index in [0.29, 0.717) is 0 Å². The number of fused-ring (bicyclic) bond motifs is 8. The van der Waals surface area contributed by atoms with Crippen molar-refractivity contribution < 1.29 is 0 Å². The van der Waals surface area contributed by atoms with E-state index in [0.717, 1.165) is 0 Å². The fourth-order valence-corrected chi connectivity index (χ4v) is 14.6. The molecule has 0 saturated heterocycles. The van der Waals surface area contributed by atoms with E-state index in [4.69, 9.17) is 0 Å². The summed E-state index contributed by atoms with van der Waals surface area (Å²) in [6, 6.07) is 40.0. The summed E-state index contributed by atoms with van der Waals surface area (Å²) in [4.78, 5) is 5.39. The number of benzene rings is 6. The Morgan fingerprint density at radius 2 is 0.931 bits per heavy atom. The monoisotopic (exact) mass is 969 g/mol. The maximum absolute atomic E-state index is 2.78. The van der Waals surface area contributed by atoms with Crippen LogP contribution in [0.15, 0.2) is 97.1 Å². The topological polar surface area (TPSA) is 6.48 Å². The molecular weight excluding hydrogens is 888 g/mol. The Morgan fingerprint density at radius 1 is 0.458 bits per heavy atom. The first-order valence-corrected chi connectivity index (χ1v) is 28.1. The Bertz CT molecular complexity index is 3390. The molecule has 0 spiro atoms. The van der Waals surface area contributed by atoms with Gasteiger partial charge in [-0.2, -0.15) is 0 Å². The first-order chi connectivity index (χ1) is 33.4. The van der Waals surface area contributed by atoms with Crippen LogP contribution in [-0.2, 0) is 37.9 Å². The van der Waals surface area contributed by atoms with Crippen LogP contribution in [0.1, 0.15) is 193 Å². The zero-order valence-electron chi connectivity index (χ0n) is 47.4. The van der Waals surface area contributed by atoms with Gasteiger partial charge in [0.15, 0.2) is 0 Å². The Morgan fingerprint density at radius 3 is 1.49 bits per heavy atom. The first kappa shape index (κ1) is 49.2. The van der Waals surface area contributed by atoms with Crippen LogP contribution >= 0.6 is 11.3 Å². The van der Waals surface area contributed by atoms with E-state index < -0.39 is 0 Å². The Hall–Kier alpha value is -5.06. The largest absolute Gasteiger partial charge is 0.311 e. The minimum Gasteiger partial charge on any atom is -0.311 e. The second kappa shape index (κ2) is 15.7. The Labute approximate surface area is 438 Å². The molecule has 7 aromatic rings. The number of aryl methyl sites for hydroxylation is 2. The summed E-state index contributed by atoms with van der Waals surface area (Å²) in [5, 5.41) is 1.39. The molecule has 0 amide bonds. The predicted octanol–water partition coefficient (Wildman–Crippen LogP) is 17.9. The molecule has 6 aromatic carbocycles. The van der Waals surface area contributed by atoms with Gasteiger partial charge in [-0.25, -0.2) is 0 Å². The van der Waals surface area contributed by atoms with Gasteiger partial charge < -0.3 is 9.80 Å². The number of hydrogen-bond acceptors (Lipinski definition) is 3. The summed E-state index contributed by atoms with van der Waals surface area (Å²) >= 11 is 2.06. The van der Waals surface area contributed by atoms with E-state index in [2.05, 4.69) is 250 Å². The van der Waals surface area contributed by atoms with Gasteiger partial charge >= 0.3 is 0 Å². The fraction of sp³-hybridized carbons (Fsp3) is 0.441. The van der Waals surface area contributed by atoms with Gasteiger partial charge in [0, 0.05) is 43.2 Å².